The number of rotatable bonds is 10. The number of thiophene rings is 1. The van der Waals surface area contributed by atoms with Crippen LogP contribution in [0, 0.1) is 13.8 Å². The minimum Gasteiger partial charge on any atom is -0.351 e. The fourth-order valence-electron chi connectivity index (χ4n) is 3.55. The molecule has 0 fully saturated rings. The first kappa shape index (κ1) is 24.5. The van der Waals surface area contributed by atoms with Crippen LogP contribution in [0.15, 0.2) is 29.1 Å². The monoisotopic (exact) mass is 472 g/mol. The minimum absolute atomic E-state index is 0.0149. The molecule has 0 spiro atoms. The number of hydrogen-bond donors (Lipinski definition) is 2. The van der Waals surface area contributed by atoms with Crippen molar-refractivity contribution in [1.29, 1.82) is 0 Å². The molecular weight excluding hydrogens is 440 g/mol. The number of aromatic amines is 1. The summed E-state index contributed by atoms with van der Waals surface area (Å²) in [6, 6.07) is 8.26. The normalized spacial score (nSPS) is 12.4. The summed E-state index contributed by atoms with van der Waals surface area (Å²) in [6.45, 7) is 13.5. The third kappa shape index (κ3) is 5.79. The lowest BCUT2D eigenvalue weighted by molar-refractivity contribution is -0.120. The van der Waals surface area contributed by atoms with Gasteiger partial charge in [-0.25, -0.2) is 4.98 Å². The Bertz CT molecular complexity index is 1130. The lowest BCUT2D eigenvalue weighted by Gasteiger charge is -2.20. The molecule has 0 unspecified atom stereocenters. The maximum Gasteiger partial charge on any atom is 0.259 e. The molecule has 2 aromatic heterocycles. The Kier molecular flexibility index (Phi) is 8.51. The summed E-state index contributed by atoms with van der Waals surface area (Å²) >= 11 is 3.01. The number of carbonyl (C=O) groups excluding carboxylic acids is 1. The highest BCUT2D eigenvalue weighted by molar-refractivity contribution is 7.99. The zero-order valence-corrected chi connectivity index (χ0v) is 21.1. The summed E-state index contributed by atoms with van der Waals surface area (Å²) in [5.74, 6) is 1.07. The van der Waals surface area contributed by atoms with Crippen molar-refractivity contribution in [2.24, 2.45) is 0 Å². The van der Waals surface area contributed by atoms with Gasteiger partial charge in [-0.05, 0) is 50.6 Å². The number of nitrogens with one attached hydrogen (secondary N) is 2. The van der Waals surface area contributed by atoms with Crippen molar-refractivity contribution < 1.29 is 4.79 Å². The molecule has 172 valence electrons. The van der Waals surface area contributed by atoms with Gasteiger partial charge in [-0.1, -0.05) is 38.1 Å². The Morgan fingerprint density at radius 3 is 2.59 bits per heavy atom. The first-order chi connectivity index (χ1) is 15.3. The van der Waals surface area contributed by atoms with Gasteiger partial charge in [0.2, 0.25) is 5.91 Å². The fraction of sp³-hybridized carbons (Fsp3) is 0.458. The van der Waals surface area contributed by atoms with Crippen LogP contribution in [0.25, 0.3) is 10.2 Å². The Hall–Kier alpha value is -2.16. The van der Waals surface area contributed by atoms with Gasteiger partial charge < -0.3 is 10.3 Å². The zero-order valence-electron chi connectivity index (χ0n) is 19.4. The molecule has 2 heterocycles. The molecule has 0 radical (unpaired) electrons. The number of fused-ring (bicyclic) bond motifs is 1. The molecule has 8 heteroatoms. The molecule has 0 aliphatic heterocycles. The van der Waals surface area contributed by atoms with E-state index >= 15 is 0 Å². The highest BCUT2D eigenvalue weighted by Crippen LogP contribution is 2.26. The Balaban J connectivity index is 1.58. The van der Waals surface area contributed by atoms with Crippen molar-refractivity contribution in [3.63, 3.8) is 0 Å². The Morgan fingerprint density at radius 2 is 1.91 bits per heavy atom. The number of aromatic nitrogens is 2. The quantitative estimate of drug-likeness (QED) is 0.458. The number of aryl methyl sites for hydroxylation is 2. The lowest BCUT2D eigenvalue weighted by atomic mass is 10.1. The molecule has 1 amide bonds. The molecular formula is C24H32N4O2S2. The summed E-state index contributed by atoms with van der Waals surface area (Å²) in [5.41, 5.74) is 3.28. The van der Waals surface area contributed by atoms with Crippen LogP contribution in [0.1, 0.15) is 48.2 Å². The van der Waals surface area contributed by atoms with Crippen molar-refractivity contribution in [2.75, 3.05) is 13.1 Å². The van der Waals surface area contributed by atoms with E-state index in [9.17, 15) is 9.59 Å². The smallest absolute Gasteiger partial charge is 0.259 e. The molecule has 32 heavy (non-hydrogen) atoms. The Labute approximate surface area is 197 Å². The number of amides is 1. The third-order valence-corrected chi connectivity index (χ3v) is 8.04. The zero-order chi connectivity index (χ0) is 23.3. The lowest BCUT2D eigenvalue weighted by Crippen LogP contribution is -2.31. The van der Waals surface area contributed by atoms with Gasteiger partial charge in [0, 0.05) is 18.0 Å². The van der Waals surface area contributed by atoms with Gasteiger partial charge in [0.15, 0.2) is 0 Å². The van der Waals surface area contributed by atoms with Crippen molar-refractivity contribution in [3.8, 4) is 0 Å². The van der Waals surface area contributed by atoms with Crippen molar-refractivity contribution in [2.45, 2.75) is 58.7 Å². The van der Waals surface area contributed by atoms with E-state index in [1.807, 2.05) is 32.9 Å². The topological polar surface area (TPSA) is 78.1 Å². The van der Waals surface area contributed by atoms with Crippen LogP contribution in [-0.4, -0.2) is 39.1 Å². The van der Waals surface area contributed by atoms with Crippen molar-refractivity contribution in [1.82, 2.24) is 20.2 Å². The summed E-state index contributed by atoms with van der Waals surface area (Å²) < 4.78 is 0. The van der Waals surface area contributed by atoms with Crippen LogP contribution in [0.2, 0.25) is 0 Å². The second kappa shape index (κ2) is 11.1. The third-order valence-electron chi connectivity index (χ3n) is 5.79. The van der Waals surface area contributed by atoms with Gasteiger partial charge in [0.05, 0.1) is 16.4 Å². The number of benzene rings is 1. The van der Waals surface area contributed by atoms with E-state index in [4.69, 9.17) is 0 Å². The number of carbonyl (C=O) groups is 1. The SMILES string of the molecule is CCN(CC)Cc1ccccc1CNC(=O)[C@@H](C)SCc1nc2sc(C)c(C)c2c(=O)[nH]1. The summed E-state index contributed by atoms with van der Waals surface area (Å²) in [5, 5.41) is 3.49. The van der Waals surface area contributed by atoms with E-state index in [1.54, 1.807) is 0 Å². The second-order valence-corrected chi connectivity index (χ2v) is 10.4. The van der Waals surface area contributed by atoms with E-state index < -0.39 is 0 Å². The minimum atomic E-state index is -0.252. The van der Waals surface area contributed by atoms with Gasteiger partial charge in [-0.2, -0.15) is 0 Å². The summed E-state index contributed by atoms with van der Waals surface area (Å²) in [7, 11) is 0. The number of hydrogen-bond acceptors (Lipinski definition) is 6. The highest BCUT2D eigenvalue weighted by Gasteiger charge is 2.16. The van der Waals surface area contributed by atoms with Crippen LogP contribution >= 0.6 is 23.1 Å². The van der Waals surface area contributed by atoms with Crippen LogP contribution in [0.5, 0.6) is 0 Å². The maximum atomic E-state index is 12.7. The van der Waals surface area contributed by atoms with E-state index in [0.717, 1.165) is 40.5 Å². The molecule has 3 rings (SSSR count). The standard InChI is InChI=1S/C24H32N4O2S2/c1-6-28(7-2)13-19-11-9-8-10-18(19)12-25-22(29)17(5)31-14-20-26-23(30)21-15(3)16(4)32-24(21)27-20/h8-11,17H,6-7,12-14H2,1-5H3,(H,25,29)(H,26,27,30)/t17-/m1/s1. The first-order valence-electron chi connectivity index (χ1n) is 11.0. The van der Waals surface area contributed by atoms with Gasteiger partial charge in [-0.15, -0.1) is 23.1 Å². The number of nitrogens with zero attached hydrogens (tertiary/aromatic N) is 2. The molecule has 0 aliphatic rings. The molecule has 0 aliphatic carbocycles. The second-order valence-electron chi connectivity index (χ2n) is 7.88. The molecule has 6 nitrogen and oxygen atoms in total. The number of H-pyrrole nitrogens is 1. The van der Waals surface area contributed by atoms with Crippen LogP contribution in [-0.2, 0) is 23.6 Å². The van der Waals surface area contributed by atoms with Crippen molar-refractivity contribution >= 4 is 39.2 Å². The predicted molar refractivity (Wildman–Crippen MR) is 135 cm³/mol. The average molecular weight is 473 g/mol. The number of thioether (sulfide) groups is 1. The van der Waals surface area contributed by atoms with Gasteiger partial charge in [0.25, 0.3) is 5.56 Å². The van der Waals surface area contributed by atoms with E-state index in [-0.39, 0.29) is 16.7 Å². The molecule has 1 atom stereocenters. The molecule has 2 N–H and O–H groups in total. The molecule has 0 saturated carbocycles. The summed E-state index contributed by atoms with van der Waals surface area (Å²) in [6.07, 6.45) is 0. The van der Waals surface area contributed by atoms with Gasteiger partial charge >= 0.3 is 0 Å². The predicted octanol–water partition coefficient (Wildman–Crippen LogP) is 4.38. The van der Waals surface area contributed by atoms with E-state index in [1.165, 1.54) is 28.7 Å². The van der Waals surface area contributed by atoms with Crippen LogP contribution < -0.4 is 10.9 Å². The van der Waals surface area contributed by atoms with E-state index in [0.29, 0.717) is 23.5 Å². The maximum absolute atomic E-state index is 12.7. The largest absolute Gasteiger partial charge is 0.351 e. The first-order valence-corrected chi connectivity index (χ1v) is 12.9. The molecule has 0 bridgehead atoms. The van der Waals surface area contributed by atoms with Gasteiger partial charge in [-0.3, -0.25) is 14.5 Å². The molecule has 3 aromatic rings. The fourth-order valence-corrected chi connectivity index (χ4v) is 5.37. The highest BCUT2D eigenvalue weighted by atomic mass is 32.2. The molecule has 1 aromatic carbocycles. The van der Waals surface area contributed by atoms with Crippen LogP contribution in [0.3, 0.4) is 0 Å². The Morgan fingerprint density at radius 1 is 1.22 bits per heavy atom. The van der Waals surface area contributed by atoms with E-state index in [2.05, 4.69) is 46.2 Å². The van der Waals surface area contributed by atoms with Gasteiger partial charge in [0.1, 0.15) is 10.7 Å². The van der Waals surface area contributed by atoms with Crippen molar-refractivity contribution in [3.05, 3.63) is 62.0 Å². The molecule has 0 saturated heterocycles. The summed E-state index contributed by atoms with van der Waals surface area (Å²) in [4.78, 5) is 36.8. The van der Waals surface area contributed by atoms with Crippen LogP contribution in [0.4, 0.5) is 0 Å². The average Bonchev–Trinajstić information content (AvgIpc) is 3.08.